The zero-order valence-electron chi connectivity index (χ0n) is 16.2. The predicted octanol–water partition coefficient (Wildman–Crippen LogP) is 4.15. The van der Waals surface area contributed by atoms with Crippen LogP contribution in [-0.4, -0.2) is 44.5 Å². The second-order valence-corrected chi connectivity index (χ2v) is 8.28. The number of hydrogen-bond donors (Lipinski definition) is 0. The number of nitrogens with zero attached hydrogens (tertiary/aromatic N) is 5. The minimum atomic E-state index is 0.422. The minimum Gasteiger partial charge on any atom is -0.383 e. The molecule has 0 bridgehead atoms. The Hall–Kier alpha value is -1.87. The molecular formula is C20H25N5OS2. The quantitative estimate of drug-likeness (QED) is 0.543. The zero-order valence-corrected chi connectivity index (χ0v) is 17.9. The number of pyridine rings is 1. The van der Waals surface area contributed by atoms with E-state index in [0.717, 1.165) is 35.5 Å². The van der Waals surface area contributed by atoms with Gasteiger partial charge in [-0.1, -0.05) is 6.92 Å². The summed E-state index contributed by atoms with van der Waals surface area (Å²) in [5.74, 6) is 0.866. The summed E-state index contributed by atoms with van der Waals surface area (Å²) in [7, 11) is 1.71. The molecule has 3 aromatic rings. The average molecular weight is 416 g/mol. The van der Waals surface area contributed by atoms with Crippen molar-refractivity contribution in [1.29, 1.82) is 0 Å². The van der Waals surface area contributed by atoms with Gasteiger partial charge in [-0.3, -0.25) is 14.5 Å². The summed E-state index contributed by atoms with van der Waals surface area (Å²) in [5, 5.41) is 7.10. The third-order valence-electron chi connectivity index (χ3n) is 5.29. The Labute approximate surface area is 174 Å². The van der Waals surface area contributed by atoms with Crippen molar-refractivity contribution in [2.24, 2.45) is 0 Å². The van der Waals surface area contributed by atoms with Crippen molar-refractivity contribution < 1.29 is 4.74 Å². The van der Waals surface area contributed by atoms with E-state index in [4.69, 9.17) is 22.1 Å². The molecule has 148 valence electrons. The van der Waals surface area contributed by atoms with E-state index in [1.54, 1.807) is 19.5 Å². The number of rotatable bonds is 7. The highest BCUT2D eigenvalue weighted by molar-refractivity contribution is 7.71. The molecule has 8 heteroatoms. The summed E-state index contributed by atoms with van der Waals surface area (Å²) in [6, 6.07) is 6.64. The molecule has 0 saturated heterocycles. The highest BCUT2D eigenvalue weighted by Crippen LogP contribution is 2.35. The fraction of sp³-hybridized carbons (Fsp3) is 0.450. The molecule has 28 heavy (non-hydrogen) atoms. The Kier molecular flexibility index (Phi) is 6.01. The van der Waals surface area contributed by atoms with Crippen LogP contribution in [0.1, 0.15) is 29.8 Å². The Morgan fingerprint density at radius 3 is 2.86 bits per heavy atom. The maximum atomic E-state index is 5.80. The van der Waals surface area contributed by atoms with Crippen molar-refractivity contribution in [2.75, 3.05) is 20.3 Å². The van der Waals surface area contributed by atoms with Gasteiger partial charge in [0.05, 0.1) is 19.8 Å². The highest BCUT2D eigenvalue weighted by atomic mass is 32.1. The van der Waals surface area contributed by atoms with Crippen molar-refractivity contribution in [3.05, 3.63) is 51.2 Å². The van der Waals surface area contributed by atoms with Crippen molar-refractivity contribution in [3.8, 4) is 11.4 Å². The van der Waals surface area contributed by atoms with E-state index in [1.807, 2.05) is 28.2 Å². The van der Waals surface area contributed by atoms with Gasteiger partial charge in [0.2, 0.25) is 0 Å². The third-order valence-corrected chi connectivity index (χ3v) is 6.72. The van der Waals surface area contributed by atoms with Gasteiger partial charge < -0.3 is 4.74 Å². The van der Waals surface area contributed by atoms with Crippen molar-refractivity contribution in [3.63, 3.8) is 0 Å². The lowest BCUT2D eigenvalue weighted by atomic mass is 9.98. The lowest BCUT2D eigenvalue weighted by Gasteiger charge is -2.35. The first-order valence-corrected chi connectivity index (χ1v) is 10.9. The van der Waals surface area contributed by atoms with Crippen LogP contribution in [0, 0.1) is 4.77 Å². The largest absolute Gasteiger partial charge is 0.383 e. The molecule has 1 atom stereocenters. The van der Waals surface area contributed by atoms with Crippen LogP contribution in [0.2, 0.25) is 0 Å². The number of hydrogen-bond acceptors (Lipinski definition) is 6. The van der Waals surface area contributed by atoms with Crippen molar-refractivity contribution in [2.45, 2.75) is 39.0 Å². The first-order chi connectivity index (χ1) is 13.7. The van der Waals surface area contributed by atoms with E-state index >= 15 is 0 Å². The Bertz CT molecular complexity index is 978. The van der Waals surface area contributed by atoms with E-state index in [9.17, 15) is 0 Å². The van der Waals surface area contributed by atoms with E-state index in [0.29, 0.717) is 25.9 Å². The van der Waals surface area contributed by atoms with Crippen LogP contribution >= 0.6 is 23.6 Å². The van der Waals surface area contributed by atoms with Crippen LogP contribution in [-0.2, 0) is 24.4 Å². The number of methoxy groups -OCH3 is 1. The number of thiophene rings is 1. The molecule has 1 aliphatic heterocycles. The normalized spacial score (nSPS) is 17.0. The minimum absolute atomic E-state index is 0.422. The predicted molar refractivity (Wildman–Crippen MR) is 114 cm³/mol. The summed E-state index contributed by atoms with van der Waals surface area (Å²) >= 11 is 7.67. The molecule has 0 radical (unpaired) electrons. The molecule has 1 aliphatic rings. The summed E-state index contributed by atoms with van der Waals surface area (Å²) in [4.78, 5) is 8.14. The van der Waals surface area contributed by atoms with Gasteiger partial charge in [-0.05, 0) is 54.2 Å². The van der Waals surface area contributed by atoms with Crippen LogP contribution in [0.3, 0.4) is 0 Å². The smallest absolute Gasteiger partial charge is 0.199 e. The van der Waals surface area contributed by atoms with Gasteiger partial charge in [0, 0.05) is 42.5 Å². The third kappa shape index (κ3) is 3.69. The van der Waals surface area contributed by atoms with E-state index in [-0.39, 0.29) is 0 Å². The molecular weight excluding hydrogens is 390 g/mol. The molecule has 4 rings (SSSR count). The lowest BCUT2D eigenvalue weighted by Crippen LogP contribution is -2.36. The molecule has 0 spiro atoms. The van der Waals surface area contributed by atoms with Crippen LogP contribution in [0.5, 0.6) is 0 Å². The maximum Gasteiger partial charge on any atom is 0.199 e. The molecule has 0 unspecified atom stereocenters. The van der Waals surface area contributed by atoms with E-state index in [2.05, 4.69) is 32.8 Å². The van der Waals surface area contributed by atoms with Gasteiger partial charge in [0.1, 0.15) is 0 Å². The molecule has 0 amide bonds. The summed E-state index contributed by atoms with van der Waals surface area (Å²) in [5.41, 5.74) is 2.49. The number of aromatic nitrogens is 4. The van der Waals surface area contributed by atoms with Gasteiger partial charge in [0.25, 0.3) is 0 Å². The summed E-state index contributed by atoms with van der Waals surface area (Å²) in [6.07, 6.45) is 5.75. The first kappa shape index (κ1) is 19.4. The molecule has 6 nitrogen and oxygen atoms in total. The molecule has 0 fully saturated rings. The second-order valence-electron chi connectivity index (χ2n) is 6.91. The summed E-state index contributed by atoms with van der Waals surface area (Å²) < 4.78 is 10.0. The van der Waals surface area contributed by atoms with Gasteiger partial charge in [-0.25, -0.2) is 4.68 Å². The Balaban J connectivity index is 1.67. The summed E-state index contributed by atoms with van der Waals surface area (Å²) in [6.45, 7) is 5.26. The van der Waals surface area contributed by atoms with Gasteiger partial charge in [-0.15, -0.1) is 11.3 Å². The lowest BCUT2D eigenvalue weighted by molar-refractivity contribution is 0.129. The van der Waals surface area contributed by atoms with Crippen LogP contribution in [0.15, 0.2) is 36.0 Å². The molecule has 0 aliphatic carbocycles. The average Bonchev–Trinajstić information content (AvgIpc) is 3.32. The standard InChI is InChI=1S/C20H25N5OS2/c1-3-17-16-7-13-28-18(16)6-10-23(17)14-25-20(27)24(11-12-26-2)19(22-25)15-4-8-21-9-5-15/h4-5,7-9,13,17H,3,6,10-12,14H2,1-2H3/t17-/m0/s1. The fourth-order valence-electron chi connectivity index (χ4n) is 3.90. The van der Waals surface area contributed by atoms with Gasteiger partial charge in [-0.2, -0.15) is 5.10 Å². The monoisotopic (exact) mass is 415 g/mol. The maximum absolute atomic E-state index is 5.80. The van der Waals surface area contributed by atoms with Crippen LogP contribution in [0.25, 0.3) is 11.4 Å². The molecule has 3 aromatic heterocycles. The molecule has 4 heterocycles. The topological polar surface area (TPSA) is 48.1 Å². The molecule has 0 aromatic carbocycles. The second kappa shape index (κ2) is 8.65. The highest BCUT2D eigenvalue weighted by Gasteiger charge is 2.28. The van der Waals surface area contributed by atoms with Gasteiger partial charge >= 0.3 is 0 Å². The SMILES string of the molecule is CC[C@H]1c2ccsc2CCN1Cn1nc(-c2ccncc2)n(CCOC)c1=S. The Morgan fingerprint density at radius 2 is 2.11 bits per heavy atom. The molecule has 0 N–H and O–H groups in total. The Morgan fingerprint density at radius 1 is 1.29 bits per heavy atom. The van der Waals surface area contributed by atoms with E-state index in [1.165, 1.54) is 10.4 Å². The van der Waals surface area contributed by atoms with Crippen molar-refractivity contribution in [1.82, 2.24) is 24.2 Å². The first-order valence-electron chi connectivity index (χ1n) is 9.60. The van der Waals surface area contributed by atoms with Crippen LogP contribution in [0.4, 0.5) is 0 Å². The number of fused-ring (bicyclic) bond motifs is 1. The molecule has 0 saturated carbocycles. The van der Waals surface area contributed by atoms with Gasteiger partial charge in [0.15, 0.2) is 10.6 Å². The van der Waals surface area contributed by atoms with Crippen LogP contribution < -0.4 is 0 Å². The van der Waals surface area contributed by atoms with Crippen molar-refractivity contribution >= 4 is 23.6 Å². The zero-order chi connectivity index (χ0) is 19.5. The number of ether oxygens (including phenoxy) is 1. The fourth-order valence-corrected chi connectivity index (χ4v) is 5.10. The van der Waals surface area contributed by atoms with E-state index < -0.39 is 0 Å².